The number of hydrogen-bond donors (Lipinski definition) is 2. The Morgan fingerprint density at radius 1 is 1.09 bits per heavy atom. The zero-order chi connectivity index (χ0) is 16.8. The summed E-state index contributed by atoms with van der Waals surface area (Å²) >= 11 is 23.2. The fourth-order valence-corrected chi connectivity index (χ4v) is 2.66. The maximum Gasteiger partial charge on any atom is 0.170 e. The van der Waals surface area contributed by atoms with Crippen LogP contribution >= 0.6 is 47.0 Å². The van der Waals surface area contributed by atoms with Gasteiger partial charge < -0.3 is 15.4 Å². The smallest absolute Gasteiger partial charge is 0.170 e. The summed E-state index contributed by atoms with van der Waals surface area (Å²) in [6, 6.07) is 10.9. The van der Waals surface area contributed by atoms with Gasteiger partial charge >= 0.3 is 0 Å². The lowest BCUT2D eigenvalue weighted by Gasteiger charge is -2.14. The van der Waals surface area contributed by atoms with E-state index in [1.807, 2.05) is 12.1 Å². The molecule has 122 valence electrons. The van der Waals surface area contributed by atoms with Crippen molar-refractivity contribution < 1.29 is 4.74 Å². The molecule has 0 aliphatic rings. The predicted molar refractivity (Wildman–Crippen MR) is 102 cm³/mol. The van der Waals surface area contributed by atoms with Crippen LogP contribution in [0.2, 0.25) is 15.1 Å². The van der Waals surface area contributed by atoms with Crippen molar-refractivity contribution in [2.75, 3.05) is 19.0 Å². The molecular formula is C16H15Cl3N2OS. The molecule has 0 bridgehead atoms. The van der Waals surface area contributed by atoms with Gasteiger partial charge in [0.15, 0.2) is 5.11 Å². The quantitative estimate of drug-likeness (QED) is 0.690. The second kappa shape index (κ2) is 8.60. The van der Waals surface area contributed by atoms with Crippen LogP contribution < -0.4 is 15.4 Å². The lowest BCUT2D eigenvalue weighted by molar-refractivity contribution is 0.417. The van der Waals surface area contributed by atoms with Gasteiger partial charge in [0.2, 0.25) is 0 Å². The third-order valence-electron chi connectivity index (χ3n) is 3.09. The second-order valence-corrected chi connectivity index (χ2v) is 6.38. The van der Waals surface area contributed by atoms with E-state index in [1.165, 1.54) is 0 Å². The van der Waals surface area contributed by atoms with Gasteiger partial charge in [-0.1, -0.05) is 40.9 Å². The van der Waals surface area contributed by atoms with Crippen LogP contribution in [0, 0.1) is 0 Å². The summed E-state index contributed by atoms with van der Waals surface area (Å²) in [6.45, 7) is 0.659. The summed E-state index contributed by atoms with van der Waals surface area (Å²) in [7, 11) is 1.59. The van der Waals surface area contributed by atoms with E-state index in [4.69, 9.17) is 51.8 Å². The van der Waals surface area contributed by atoms with Crippen molar-refractivity contribution in [2.24, 2.45) is 0 Å². The molecule has 23 heavy (non-hydrogen) atoms. The van der Waals surface area contributed by atoms with Crippen LogP contribution in [0.25, 0.3) is 0 Å². The highest BCUT2D eigenvalue weighted by atomic mass is 35.5. The number of thiocarbonyl (C=S) groups is 1. The number of rotatable bonds is 5. The zero-order valence-corrected chi connectivity index (χ0v) is 15.4. The summed E-state index contributed by atoms with van der Waals surface area (Å²) in [6.07, 6.45) is 0.769. The van der Waals surface area contributed by atoms with E-state index >= 15 is 0 Å². The van der Waals surface area contributed by atoms with Crippen LogP contribution in [0.15, 0.2) is 36.4 Å². The molecule has 0 heterocycles. The number of nitrogens with one attached hydrogen (secondary N) is 2. The molecule has 0 fully saturated rings. The summed E-state index contributed by atoms with van der Waals surface area (Å²) in [5.74, 6) is 0.669. The Labute approximate surface area is 155 Å². The Kier molecular flexibility index (Phi) is 6.78. The first-order chi connectivity index (χ1) is 11.0. The van der Waals surface area contributed by atoms with E-state index in [9.17, 15) is 0 Å². The molecule has 0 atom stereocenters. The Bertz CT molecular complexity index is 710. The average molecular weight is 390 g/mol. The Balaban J connectivity index is 1.88. The van der Waals surface area contributed by atoms with Crippen molar-refractivity contribution >= 4 is 57.8 Å². The molecule has 0 aromatic heterocycles. The van der Waals surface area contributed by atoms with Crippen LogP contribution in [-0.4, -0.2) is 18.8 Å². The van der Waals surface area contributed by atoms with Crippen molar-refractivity contribution in [3.63, 3.8) is 0 Å². The Hall–Kier alpha value is -1.20. The molecule has 3 nitrogen and oxygen atoms in total. The lowest BCUT2D eigenvalue weighted by Crippen LogP contribution is -2.30. The summed E-state index contributed by atoms with van der Waals surface area (Å²) in [5.41, 5.74) is 1.79. The van der Waals surface area contributed by atoms with Gasteiger partial charge in [-0.3, -0.25) is 0 Å². The standard InChI is InChI=1S/C16H15Cl3N2OS/c1-22-15-5-3-11(17)9-14(15)21-16(23)20-7-6-10-2-4-12(18)13(19)8-10/h2-5,8-9H,6-7H2,1H3,(H2,20,21,23). The summed E-state index contributed by atoms with van der Waals surface area (Å²) in [4.78, 5) is 0. The van der Waals surface area contributed by atoms with Gasteiger partial charge in [0.05, 0.1) is 22.8 Å². The minimum atomic E-state index is 0.491. The van der Waals surface area contributed by atoms with E-state index in [0.29, 0.717) is 38.2 Å². The van der Waals surface area contributed by atoms with E-state index in [0.717, 1.165) is 12.0 Å². The largest absolute Gasteiger partial charge is 0.495 e. The maximum atomic E-state index is 5.99. The molecule has 2 aromatic rings. The van der Waals surface area contributed by atoms with Gasteiger partial charge in [-0.25, -0.2) is 0 Å². The maximum absolute atomic E-state index is 5.99. The van der Waals surface area contributed by atoms with Gasteiger partial charge in [-0.2, -0.15) is 0 Å². The number of ether oxygens (including phenoxy) is 1. The van der Waals surface area contributed by atoms with E-state index in [-0.39, 0.29) is 0 Å². The highest BCUT2D eigenvalue weighted by Crippen LogP contribution is 2.27. The lowest BCUT2D eigenvalue weighted by atomic mass is 10.1. The molecular weight excluding hydrogens is 375 g/mol. The van der Waals surface area contributed by atoms with Crippen LogP contribution in [0.3, 0.4) is 0 Å². The molecule has 0 saturated carbocycles. The first-order valence-corrected chi connectivity index (χ1v) is 8.36. The van der Waals surface area contributed by atoms with Crippen LogP contribution in [0.5, 0.6) is 5.75 Å². The highest BCUT2D eigenvalue weighted by molar-refractivity contribution is 7.80. The van der Waals surface area contributed by atoms with Gasteiger partial charge in [0, 0.05) is 11.6 Å². The van der Waals surface area contributed by atoms with Crippen molar-refractivity contribution in [2.45, 2.75) is 6.42 Å². The fraction of sp³-hybridized carbons (Fsp3) is 0.188. The topological polar surface area (TPSA) is 33.3 Å². The van der Waals surface area contributed by atoms with Gasteiger partial charge in [-0.05, 0) is 54.5 Å². The molecule has 2 rings (SSSR count). The first kappa shape index (κ1) is 18.1. The Morgan fingerprint density at radius 2 is 1.87 bits per heavy atom. The predicted octanol–water partition coefficient (Wildman–Crippen LogP) is 5.18. The molecule has 0 amide bonds. The molecule has 0 aliphatic heterocycles. The summed E-state index contributed by atoms with van der Waals surface area (Å²) < 4.78 is 5.26. The average Bonchev–Trinajstić information content (AvgIpc) is 2.51. The van der Waals surface area contributed by atoms with E-state index < -0.39 is 0 Å². The zero-order valence-electron chi connectivity index (χ0n) is 12.3. The second-order valence-electron chi connectivity index (χ2n) is 4.72. The Morgan fingerprint density at radius 3 is 2.57 bits per heavy atom. The van der Waals surface area contributed by atoms with Gasteiger partial charge in [0.1, 0.15) is 5.75 Å². The van der Waals surface area contributed by atoms with Crippen LogP contribution in [0.1, 0.15) is 5.56 Å². The molecule has 2 aromatic carbocycles. The number of halogens is 3. The molecule has 0 unspecified atom stereocenters. The first-order valence-electron chi connectivity index (χ1n) is 6.82. The molecule has 0 saturated heterocycles. The summed E-state index contributed by atoms with van der Waals surface area (Å²) in [5, 5.41) is 8.40. The normalized spacial score (nSPS) is 10.3. The minimum absolute atomic E-state index is 0.491. The highest BCUT2D eigenvalue weighted by Gasteiger charge is 2.06. The van der Waals surface area contributed by atoms with Crippen molar-refractivity contribution in [1.29, 1.82) is 0 Å². The molecule has 0 spiro atoms. The van der Waals surface area contributed by atoms with E-state index in [1.54, 1.807) is 31.4 Å². The molecule has 0 radical (unpaired) electrons. The third-order valence-corrected chi connectivity index (χ3v) is 4.31. The van der Waals surface area contributed by atoms with Crippen molar-refractivity contribution in [1.82, 2.24) is 5.32 Å². The SMILES string of the molecule is COc1ccc(Cl)cc1NC(=S)NCCc1ccc(Cl)c(Cl)c1. The van der Waals surface area contributed by atoms with Gasteiger partial charge in [-0.15, -0.1) is 0 Å². The van der Waals surface area contributed by atoms with E-state index in [2.05, 4.69) is 10.6 Å². The van der Waals surface area contributed by atoms with Crippen molar-refractivity contribution in [3.8, 4) is 5.75 Å². The number of hydrogen-bond acceptors (Lipinski definition) is 2. The third kappa shape index (κ3) is 5.43. The minimum Gasteiger partial charge on any atom is -0.495 e. The van der Waals surface area contributed by atoms with Crippen molar-refractivity contribution in [3.05, 3.63) is 57.0 Å². The molecule has 2 N–H and O–H groups in total. The van der Waals surface area contributed by atoms with Crippen LogP contribution in [-0.2, 0) is 6.42 Å². The molecule has 0 aliphatic carbocycles. The number of methoxy groups -OCH3 is 1. The monoisotopic (exact) mass is 388 g/mol. The fourth-order valence-electron chi connectivity index (χ4n) is 1.96. The van der Waals surface area contributed by atoms with Gasteiger partial charge in [0.25, 0.3) is 0 Å². The van der Waals surface area contributed by atoms with Crippen LogP contribution in [0.4, 0.5) is 5.69 Å². The number of benzene rings is 2. The molecule has 7 heteroatoms. The number of anilines is 1.